The largest absolute Gasteiger partial charge is 0.477 e. The predicted molar refractivity (Wildman–Crippen MR) is 87.4 cm³/mol. The van der Waals surface area contributed by atoms with Crippen LogP contribution in [0.3, 0.4) is 0 Å². The van der Waals surface area contributed by atoms with E-state index in [4.69, 9.17) is 4.74 Å². The second-order valence-electron chi connectivity index (χ2n) is 4.89. The lowest BCUT2D eigenvalue weighted by Gasteiger charge is -2.04. The second kappa shape index (κ2) is 6.75. The molecule has 3 heterocycles. The molecule has 0 aromatic carbocycles. The van der Waals surface area contributed by atoms with E-state index in [1.165, 1.54) is 11.4 Å². The van der Waals surface area contributed by atoms with Crippen molar-refractivity contribution in [2.24, 2.45) is 0 Å². The van der Waals surface area contributed by atoms with Crippen LogP contribution >= 0.6 is 11.3 Å². The van der Waals surface area contributed by atoms with E-state index in [-0.39, 0.29) is 18.2 Å². The molecule has 8 nitrogen and oxygen atoms in total. The lowest BCUT2D eigenvalue weighted by atomic mass is 10.3. The summed E-state index contributed by atoms with van der Waals surface area (Å²) < 4.78 is 6.88. The van der Waals surface area contributed by atoms with Gasteiger partial charge < -0.3 is 10.1 Å². The van der Waals surface area contributed by atoms with E-state index in [2.05, 4.69) is 20.6 Å². The van der Waals surface area contributed by atoms with Crippen LogP contribution in [0.1, 0.15) is 39.0 Å². The van der Waals surface area contributed by atoms with Gasteiger partial charge in [-0.3, -0.25) is 9.59 Å². The van der Waals surface area contributed by atoms with E-state index in [1.807, 2.05) is 6.92 Å². The van der Waals surface area contributed by atoms with Crippen molar-refractivity contribution in [3.8, 4) is 5.88 Å². The van der Waals surface area contributed by atoms with Crippen LogP contribution < -0.4 is 10.1 Å². The first kappa shape index (κ1) is 16.1. The first-order chi connectivity index (χ1) is 11.6. The maximum absolute atomic E-state index is 12.2. The number of nitrogens with one attached hydrogen (secondary N) is 1. The van der Waals surface area contributed by atoms with Crippen molar-refractivity contribution in [2.45, 2.75) is 20.4 Å². The lowest BCUT2D eigenvalue weighted by Crippen LogP contribution is -2.23. The molecule has 0 aliphatic carbocycles. The zero-order chi connectivity index (χ0) is 17.1. The number of aromatic nitrogens is 4. The standard InChI is InChI=1S/C15H15N5O3S/c1-3-23-14-7-6-12-17-18-13(20(12)19-14)8-16-15(22)11-5-4-10(24-11)9(2)21/h4-7H,3,8H2,1-2H3,(H,16,22). The molecule has 9 heteroatoms. The van der Waals surface area contributed by atoms with Crippen LogP contribution in [0.4, 0.5) is 0 Å². The van der Waals surface area contributed by atoms with Gasteiger partial charge >= 0.3 is 0 Å². The van der Waals surface area contributed by atoms with E-state index in [9.17, 15) is 9.59 Å². The summed E-state index contributed by atoms with van der Waals surface area (Å²) in [6, 6.07) is 6.73. The van der Waals surface area contributed by atoms with Crippen LogP contribution in [0.5, 0.6) is 5.88 Å². The molecule has 24 heavy (non-hydrogen) atoms. The number of ether oxygens (including phenoxy) is 1. The second-order valence-corrected chi connectivity index (χ2v) is 5.98. The quantitative estimate of drug-likeness (QED) is 0.683. The highest BCUT2D eigenvalue weighted by molar-refractivity contribution is 7.15. The van der Waals surface area contributed by atoms with Crippen molar-refractivity contribution in [2.75, 3.05) is 6.61 Å². The molecular weight excluding hydrogens is 330 g/mol. The Hall–Kier alpha value is -2.81. The first-order valence-electron chi connectivity index (χ1n) is 7.31. The number of amides is 1. The van der Waals surface area contributed by atoms with Gasteiger partial charge in [0.2, 0.25) is 5.88 Å². The van der Waals surface area contributed by atoms with Crippen molar-refractivity contribution in [1.82, 2.24) is 25.1 Å². The number of thiophene rings is 1. The zero-order valence-electron chi connectivity index (χ0n) is 13.1. The third kappa shape index (κ3) is 3.25. The number of rotatable bonds is 6. The van der Waals surface area contributed by atoms with Crippen molar-refractivity contribution in [3.05, 3.63) is 39.8 Å². The molecule has 1 amide bonds. The van der Waals surface area contributed by atoms with Crippen LogP contribution in [0, 0.1) is 0 Å². The van der Waals surface area contributed by atoms with Crippen molar-refractivity contribution in [1.29, 1.82) is 0 Å². The molecule has 0 aliphatic heterocycles. The van der Waals surface area contributed by atoms with Gasteiger partial charge in [0.05, 0.1) is 22.9 Å². The minimum atomic E-state index is -0.273. The van der Waals surface area contributed by atoms with E-state index >= 15 is 0 Å². The molecule has 0 bridgehead atoms. The molecule has 3 aromatic heterocycles. The first-order valence-corrected chi connectivity index (χ1v) is 8.13. The summed E-state index contributed by atoms with van der Waals surface area (Å²) in [5, 5.41) is 15.1. The summed E-state index contributed by atoms with van der Waals surface area (Å²) in [4.78, 5) is 24.5. The molecule has 0 unspecified atom stereocenters. The summed E-state index contributed by atoms with van der Waals surface area (Å²) in [6.07, 6.45) is 0. The van der Waals surface area contributed by atoms with E-state index < -0.39 is 0 Å². The molecular formula is C15H15N5O3S. The number of ketones is 1. The van der Waals surface area contributed by atoms with E-state index in [0.29, 0.717) is 33.7 Å². The van der Waals surface area contributed by atoms with Gasteiger partial charge in [0.25, 0.3) is 5.91 Å². The van der Waals surface area contributed by atoms with E-state index in [1.54, 1.807) is 24.3 Å². The summed E-state index contributed by atoms with van der Waals surface area (Å²) in [5.41, 5.74) is 0.567. The Balaban J connectivity index is 1.73. The molecule has 1 N–H and O–H groups in total. The normalized spacial score (nSPS) is 10.8. The molecule has 3 aromatic rings. The van der Waals surface area contributed by atoms with Crippen LogP contribution in [0.2, 0.25) is 0 Å². The molecule has 3 rings (SSSR count). The number of Topliss-reactive ketones (excluding diaryl/α,β-unsaturated/α-hetero) is 1. The topological polar surface area (TPSA) is 98.5 Å². The number of carbonyl (C=O) groups excluding carboxylic acids is 2. The minimum absolute atomic E-state index is 0.0600. The Bertz CT molecular complexity index is 902. The van der Waals surface area contributed by atoms with Gasteiger partial charge in [0, 0.05) is 6.07 Å². The van der Waals surface area contributed by atoms with Crippen LogP contribution in [-0.2, 0) is 6.54 Å². The molecule has 124 valence electrons. The Morgan fingerprint density at radius 3 is 2.71 bits per heavy atom. The van der Waals surface area contributed by atoms with Gasteiger partial charge in [-0.25, -0.2) is 0 Å². The Kier molecular flexibility index (Phi) is 4.52. The Morgan fingerprint density at radius 1 is 1.21 bits per heavy atom. The average Bonchev–Trinajstić information content (AvgIpc) is 3.20. The zero-order valence-corrected chi connectivity index (χ0v) is 14.0. The average molecular weight is 345 g/mol. The van der Waals surface area contributed by atoms with Crippen molar-refractivity contribution < 1.29 is 14.3 Å². The predicted octanol–water partition coefficient (Wildman–Crippen LogP) is 1.72. The van der Waals surface area contributed by atoms with Gasteiger partial charge in [-0.15, -0.1) is 26.6 Å². The molecule has 0 fully saturated rings. The maximum Gasteiger partial charge on any atom is 0.261 e. The summed E-state index contributed by atoms with van der Waals surface area (Å²) in [7, 11) is 0. The molecule has 0 saturated carbocycles. The third-order valence-electron chi connectivity index (χ3n) is 3.18. The van der Waals surface area contributed by atoms with Gasteiger partial charge in [-0.2, -0.15) is 4.52 Å². The van der Waals surface area contributed by atoms with Gasteiger partial charge in [-0.1, -0.05) is 0 Å². The highest BCUT2D eigenvalue weighted by Crippen LogP contribution is 2.17. The van der Waals surface area contributed by atoms with E-state index in [0.717, 1.165) is 11.3 Å². The molecule has 0 spiro atoms. The lowest BCUT2D eigenvalue weighted by molar-refractivity contribution is 0.0953. The monoisotopic (exact) mass is 345 g/mol. The Morgan fingerprint density at radius 2 is 2.00 bits per heavy atom. The number of hydrogen-bond acceptors (Lipinski definition) is 7. The molecule has 0 saturated heterocycles. The summed E-state index contributed by atoms with van der Waals surface area (Å²) >= 11 is 1.16. The number of hydrogen-bond donors (Lipinski definition) is 1. The fraction of sp³-hybridized carbons (Fsp3) is 0.267. The van der Waals surface area contributed by atoms with Gasteiger partial charge in [0.1, 0.15) is 0 Å². The molecule has 0 radical (unpaired) electrons. The number of nitrogens with zero attached hydrogens (tertiary/aromatic N) is 4. The number of carbonyl (C=O) groups is 2. The van der Waals surface area contributed by atoms with Crippen LogP contribution in [-0.4, -0.2) is 38.1 Å². The van der Waals surface area contributed by atoms with Crippen LogP contribution in [0.25, 0.3) is 5.65 Å². The number of fused-ring (bicyclic) bond motifs is 1. The highest BCUT2D eigenvalue weighted by atomic mass is 32.1. The minimum Gasteiger partial charge on any atom is -0.477 e. The molecule has 0 aliphatic rings. The summed E-state index contributed by atoms with van der Waals surface area (Å²) in [6.45, 7) is 4.01. The van der Waals surface area contributed by atoms with Gasteiger partial charge in [-0.05, 0) is 32.0 Å². The molecule has 0 atom stereocenters. The highest BCUT2D eigenvalue weighted by Gasteiger charge is 2.13. The maximum atomic E-state index is 12.2. The van der Waals surface area contributed by atoms with Crippen molar-refractivity contribution in [3.63, 3.8) is 0 Å². The fourth-order valence-electron chi connectivity index (χ4n) is 2.05. The third-order valence-corrected chi connectivity index (χ3v) is 4.36. The van der Waals surface area contributed by atoms with Crippen molar-refractivity contribution >= 4 is 28.7 Å². The smallest absolute Gasteiger partial charge is 0.261 e. The van der Waals surface area contributed by atoms with Gasteiger partial charge in [0.15, 0.2) is 17.3 Å². The Labute approximate surface area is 141 Å². The fourth-order valence-corrected chi connectivity index (χ4v) is 2.86. The summed E-state index contributed by atoms with van der Waals surface area (Å²) in [5.74, 6) is 0.616. The SMILES string of the molecule is CCOc1ccc2nnc(CNC(=O)c3ccc(C(C)=O)s3)n2n1. The van der Waals surface area contributed by atoms with Crippen LogP contribution in [0.15, 0.2) is 24.3 Å².